The number of rotatable bonds is 2. The maximum Gasteiger partial charge on any atom is 0.416 e. The van der Waals surface area contributed by atoms with Crippen molar-refractivity contribution in [1.82, 2.24) is 4.98 Å². The fourth-order valence-electron chi connectivity index (χ4n) is 3.63. The summed E-state index contributed by atoms with van der Waals surface area (Å²) >= 11 is 0. The zero-order chi connectivity index (χ0) is 20.3. The SMILES string of the molecule is COc1cc(N2CCC3(O)C(=O)c4cc(C)c(C(F)(F)F)cc4N=C23)ccn1. The summed E-state index contributed by atoms with van der Waals surface area (Å²) in [5.41, 5.74) is -2.36. The van der Waals surface area contributed by atoms with Crippen molar-refractivity contribution in [2.75, 3.05) is 18.6 Å². The summed E-state index contributed by atoms with van der Waals surface area (Å²) in [4.78, 5) is 22.8. The maximum absolute atomic E-state index is 13.3. The van der Waals surface area contributed by atoms with Crippen molar-refractivity contribution in [1.29, 1.82) is 0 Å². The third-order valence-corrected chi connectivity index (χ3v) is 5.06. The number of amidine groups is 1. The monoisotopic (exact) mass is 391 g/mol. The number of carbonyl (C=O) groups excluding carboxylic acids is 1. The van der Waals surface area contributed by atoms with Crippen molar-refractivity contribution in [3.8, 4) is 5.88 Å². The van der Waals surface area contributed by atoms with Gasteiger partial charge in [0, 0.05) is 36.5 Å². The van der Waals surface area contributed by atoms with E-state index in [0.29, 0.717) is 11.6 Å². The van der Waals surface area contributed by atoms with Crippen LogP contribution in [0, 0.1) is 6.92 Å². The Morgan fingerprint density at radius 2 is 2.04 bits per heavy atom. The normalized spacial score (nSPS) is 21.3. The Kier molecular flexibility index (Phi) is 3.97. The number of Topliss-reactive ketones (excluding diaryl/α,β-unsaturated/α-hetero) is 1. The molecule has 3 heterocycles. The first kappa shape index (κ1) is 18.4. The molecule has 0 radical (unpaired) electrons. The predicted molar refractivity (Wildman–Crippen MR) is 95.3 cm³/mol. The number of hydrogen-bond donors (Lipinski definition) is 1. The van der Waals surface area contributed by atoms with Crippen LogP contribution in [-0.4, -0.2) is 41.0 Å². The maximum atomic E-state index is 13.3. The zero-order valence-electron chi connectivity index (χ0n) is 15.0. The van der Waals surface area contributed by atoms with E-state index in [1.165, 1.54) is 20.2 Å². The average molecular weight is 391 g/mol. The van der Waals surface area contributed by atoms with Crippen LogP contribution in [0.4, 0.5) is 24.5 Å². The number of halogens is 3. The second-order valence-electron chi connectivity index (χ2n) is 6.76. The number of aryl methyl sites for hydroxylation is 1. The third-order valence-electron chi connectivity index (χ3n) is 5.06. The summed E-state index contributed by atoms with van der Waals surface area (Å²) in [6.45, 7) is 1.55. The Morgan fingerprint density at radius 3 is 2.71 bits per heavy atom. The van der Waals surface area contributed by atoms with Crippen molar-refractivity contribution in [2.24, 2.45) is 4.99 Å². The molecule has 2 aliphatic rings. The van der Waals surface area contributed by atoms with Crippen LogP contribution in [0.2, 0.25) is 0 Å². The molecule has 1 aromatic carbocycles. The molecule has 0 saturated carbocycles. The first-order valence-corrected chi connectivity index (χ1v) is 8.51. The summed E-state index contributed by atoms with van der Waals surface area (Å²) in [5.74, 6) is -0.311. The first-order chi connectivity index (χ1) is 13.1. The van der Waals surface area contributed by atoms with Crippen molar-refractivity contribution < 1.29 is 27.8 Å². The van der Waals surface area contributed by atoms with Crippen LogP contribution in [0.3, 0.4) is 0 Å². The van der Waals surface area contributed by atoms with E-state index in [2.05, 4.69) is 9.98 Å². The van der Waals surface area contributed by atoms with Gasteiger partial charge in [-0.2, -0.15) is 13.2 Å². The molecule has 4 rings (SSSR count). The molecule has 146 valence electrons. The molecule has 0 spiro atoms. The molecule has 1 N–H and O–H groups in total. The van der Waals surface area contributed by atoms with Gasteiger partial charge in [0.25, 0.3) is 0 Å². The molecular formula is C19H16F3N3O3. The lowest BCUT2D eigenvalue weighted by molar-refractivity contribution is -0.138. The highest BCUT2D eigenvalue weighted by atomic mass is 19.4. The summed E-state index contributed by atoms with van der Waals surface area (Å²) in [6.07, 6.45) is -2.99. The highest BCUT2D eigenvalue weighted by molar-refractivity contribution is 6.28. The predicted octanol–water partition coefficient (Wildman–Crippen LogP) is 3.29. The van der Waals surface area contributed by atoms with Crippen LogP contribution in [0.5, 0.6) is 5.88 Å². The summed E-state index contributed by atoms with van der Waals surface area (Å²) < 4.78 is 44.9. The molecule has 9 heteroatoms. The van der Waals surface area contributed by atoms with Crippen molar-refractivity contribution in [3.05, 3.63) is 47.2 Å². The molecule has 28 heavy (non-hydrogen) atoms. The largest absolute Gasteiger partial charge is 0.481 e. The topological polar surface area (TPSA) is 75.0 Å². The Hall–Kier alpha value is -2.94. The third kappa shape index (κ3) is 2.65. The number of pyridine rings is 1. The Labute approximate surface area is 158 Å². The highest BCUT2D eigenvalue weighted by Crippen LogP contribution is 2.43. The number of aliphatic hydroxyl groups is 1. The lowest BCUT2D eigenvalue weighted by Gasteiger charge is -2.30. The van der Waals surface area contributed by atoms with E-state index in [0.717, 1.165) is 12.1 Å². The number of ether oxygens (including phenoxy) is 1. The average Bonchev–Trinajstić information content (AvgIpc) is 2.99. The number of methoxy groups -OCH3 is 1. The minimum Gasteiger partial charge on any atom is -0.481 e. The number of nitrogens with zero attached hydrogens (tertiary/aromatic N) is 3. The number of alkyl halides is 3. The molecule has 1 unspecified atom stereocenters. The molecule has 0 bridgehead atoms. The number of ketones is 1. The number of aliphatic imine (C=N–C) groups is 1. The Bertz CT molecular complexity index is 1020. The summed E-state index contributed by atoms with van der Waals surface area (Å²) in [5, 5.41) is 11.0. The molecule has 1 saturated heterocycles. The lowest BCUT2D eigenvalue weighted by Crippen LogP contribution is -2.48. The number of aromatic nitrogens is 1. The van der Waals surface area contributed by atoms with Gasteiger partial charge in [0.1, 0.15) is 5.84 Å². The van der Waals surface area contributed by atoms with Crippen LogP contribution < -0.4 is 9.64 Å². The van der Waals surface area contributed by atoms with Crippen LogP contribution in [-0.2, 0) is 6.18 Å². The highest BCUT2D eigenvalue weighted by Gasteiger charge is 2.53. The zero-order valence-corrected chi connectivity index (χ0v) is 15.0. The molecule has 0 aliphatic carbocycles. The van der Waals surface area contributed by atoms with E-state index in [4.69, 9.17) is 4.74 Å². The van der Waals surface area contributed by atoms with E-state index in [1.807, 2.05) is 0 Å². The van der Waals surface area contributed by atoms with Gasteiger partial charge < -0.3 is 14.7 Å². The van der Waals surface area contributed by atoms with Crippen molar-refractivity contribution >= 4 is 23.0 Å². The van der Waals surface area contributed by atoms with Crippen molar-refractivity contribution in [3.63, 3.8) is 0 Å². The first-order valence-electron chi connectivity index (χ1n) is 8.51. The van der Waals surface area contributed by atoms with E-state index >= 15 is 0 Å². The molecule has 6 nitrogen and oxygen atoms in total. The summed E-state index contributed by atoms with van der Waals surface area (Å²) in [7, 11) is 1.45. The second kappa shape index (κ2) is 6.03. The fourth-order valence-corrected chi connectivity index (χ4v) is 3.63. The molecular weight excluding hydrogens is 375 g/mol. The molecule has 2 aromatic rings. The van der Waals surface area contributed by atoms with Gasteiger partial charge in [-0.1, -0.05) is 0 Å². The molecule has 2 aliphatic heterocycles. The van der Waals surface area contributed by atoms with Gasteiger partial charge >= 0.3 is 6.18 Å². The minimum absolute atomic E-state index is 0.00842. The van der Waals surface area contributed by atoms with Crippen LogP contribution in [0.15, 0.2) is 35.5 Å². The standard InChI is InChI=1S/C19H16F3N3O3/c1-10-7-12-14(9-13(10)19(20,21)22)24-17-18(27,16(12)26)4-6-25(17)11-3-5-23-15(8-11)28-2/h3,5,7-9,27H,4,6H2,1-2H3. The van der Waals surface area contributed by atoms with Crippen LogP contribution in [0.1, 0.15) is 27.9 Å². The van der Waals surface area contributed by atoms with E-state index in [-0.39, 0.29) is 35.6 Å². The van der Waals surface area contributed by atoms with E-state index in [9.17, 15) is 23.1 Å². The molecule has 1 atom stereocenters. The Morgan fingerprint density at radius 1 is 1.29 bits per heavy atom. The van der Waals surface area contributed by atoms with Gasteiger partial charge in [-0.15, -0.1) is 0 Å². The fraction of sp³-hybridized carbons (Fsp3) is 0.316. The molecule has 1 fully saturated rings. The number of hydrogen-bond acceptors (Lipinski definition) is 6. The smallest absolute Gasteiger partial charge is 0.416 e. The van der Waals surface area contributed by atoms with Gasteiger partial charge in [0.05, 0.1) is 18.4 Å². The number of fused-ring (bicyclic) bond motifs is 2. The molecule has 1 aromatic heterocycles. The number of anilines is 1. The van der Waals surface area contributed by atoms with Gasteiger partial charge in [-0.3, -0.25) is 4.79 Å². The van der Waals surface area contributed by atoms with Crippen molar-refractivity contribution in [2.45, 2.75) is 25.1 Å². The van der Waals surface area contributed by atoms with E-state index in [1.54, 1.807) is 17.0 Å². The van der Waals surface area contributed by atoms with Gasteiger partial charge in [0.15, 0.2) is 5.60 Å². The van der Waals surface area contributed by atoms with Gasteiger partial charge in [0.2, 0.25) is 11.7 Å². The molecule has 0 amide bonds. The Balaban J connectivity index is 1.87. The number of benzene rings is 1. The van der Waals surface area contributed by atoms with E-state index < -0.39 is 23.1 Å². The second-order valence-corrected chi connectivity index (χ2v) is 6.76. The van der Waals surface area contributed by atoms with Crippen LogP contribution >= 0.6 is 0 Å². The quantitative estimate of drug-likeness (QED) is 0.850. The van der Waals surface area contributed by atoms with Gasteiger partial charge in [-0.05, 0) is 30.7 Å². The number of carbonyl (C=O) groups is 1. The summed E-state index contributed by atoms with van der Waals surface area (Å²) in [6, 6.07) is 5.26. The van der Waals surface area contributed by atoms with Gasteiger partial charge in [-0.25, -0.2) is 9.98 Å². The minimum atomic E-state index is -4.57. The van der Waals surface area contributed by atoms with Crippen LogP contribution in [0.25, 0.3) is 0 Å². The lowest BCUT2D eigenvalue weighted by atomic mass is 9.86.